The number of hydrogen-bond acceptors (Lipinski definition) is 3. The van der Waals surface area contributed by atoms with Gasteiger partial charge < -0.3 is 14.9 Å². The van der Waals surface area contributed by atoms with Crippen molar-refractivity contribution in [3.63, 3.8) is 0 Å². The molecule has 2 N–H and O–H groups in total. The molecule has 0 atom stereocenters. The van der Waals surface area contributed by atoms with Gasteiger partial charge in [0.15, 0.2) is 5.78 Å². The minimum Gasteiger partial charge on any atom is -0.360 e. The van der Waals surface area contributed by atoms with Gasteiger partial charge in [-0.05, 0) is 31.2 Å². The Morgan fingerprint density at radius 3 is 2.79 bits per heavy atom. The van der Waals surface area contributed by atoms with Gasteiger partial charge in [-0.1, -0.05) is 30.3 Å². The molecular formula is C23H18N4O2. The number of H-pyrrole nitrogens is 2. The van der Waals surface area contributed by atoms with Gasteiger partial charge in [0.1, 0.15) is 5.82 Å². The summed E-state index contributed by atoms with van der Waals surface area (Å²) in [5.41, 5.74) is 4.22. The van der Waals surface area contributed by atoms with E-state index in [1.54, 1.807) is 41.6 Å². The largest absolute Gasteiger partial charge is 0.360 e. The van der Waals surface area contributed by atoms with E-state index in [0.717, 1.165) is 28.1 Å². The lowest BCUT2D eigenvalue weighted by atomic mass is 10.0. The minimum atomic E-state index is -0.166. The van der Waals surface area contributed by atoms with Crippen molar-refractivity contribution >= 4 is 28.7 Å². The summed E-state index contributed by atoms with van der Waals surface area (Å²) < 4.78 is 0. The number of nitrogens with one attached hydrogen (secondary N) is 2. The van der Waals surface area contributed by atoms with Crippen molar-refractivity contribution in [3.05, 3.63) is 94.8 Å². The van der Waals surface area contributed by atoms with Gasteiger partial charge >= 0.3 is 0 Å². The molecule has 0 spiro atoms. The second-order valence-electron chi connectivity index (χ2n) is 7.09. The fourth-order valence-corrected chi connectivity index (χ4v) is 3.71. The standard InChI is InChI=1S/C23H18N4O2/c1-14-25-20-9-10-27(13-21(20)26-14)23(29)16-6-4-5-15(11-16)22(28)18-12-24-19-8-3-2-7-17(18)19/h2-12,24H,13H2,1H3,(H,25,26). The maximum atomic E-state index is 13.1. The number of para-hydroxylation sites is 1. The molecule has 142 valence electrons. The van der Waals surface area contributed by atoms with Crippen LogP contribution in [0.15, 0.2) is 60.9 Å². The first kappa shape index (κ1) is 17.2. The van der Waals surface area contributed by atoms with Crippen LogP contribution in [0, 0.1) is 6.92 Å². The number of aryl methyl sites for hydroxylation is 1. The number of imidazole rings is 1. The van der Waals surface area contributed by atoms with Gasteiger partial charge in [0.05, 0.1) is 17.9 Å². The molecule has 5 rings (SSSR count). The smallest absolute Gasteiger partial charge is 0.258 e. The normalized spacial score (nSPS) is 12.9. The maximum absolute atomic E-state index is 13.1. The highest BCUT2D eigenvalue weighted by atomic mass is 16.2. The van der Waals surface area contributed by atoms with E-state index in [1.165, 1.54) is 0 Å². The molecular weight excluding hydrogens is 364 g/mol. The van der Waals surface area contributed by atoms with Crippen molar-refractivity contribution in [1.29, 1.82) is 0 Å². The average Bonchev–Trinajstić information content (AvgIpc) is 3.34. The maximum Gasteiger partial charge on any atom is 0.258 e. The molecule has 2 aromatic heterocycles. The minimum absolute atomic E-state index is 0.114. The summed E-state index contributed by atoms with van der Waals surface area (Å²) in [6.07, 6.45) is 5.31. The molecule has 2 aromatic carbocycles. The zero-order chi connectivity index (χ0) is 20.0. The van der Waals surface area contributed by atoms with E-state index in [9.17, 15) is 9.59 Å². The number of amides is 1. The van der Waals surface area contributed by atoms with Crippen LogP contribution in [-0.4, -0.2) is 31.5 Å². The van der Waals surface area contributed by atoms with Gasteiger partial charge in [-0.25, -0.2) is 4.98 Å². The lowest BCUT2D eigenvalue weighted by Gasteiger charge is -2.21. The molecule has 4 aromatic rings. The van der Waals surface area contributed by atoms with E-state index in [4.69, 9.17) is 0 Å². The first-order valence-electron chi connectivity index (χ1n) is 9.36. The third kappa shape index (κ3) is 2.95. The molecule has 6 nitrogen and oxygen atoms in total. The summed E-state index contributed by atoms with van der Waals surface area (Å²) in [5, 5.41) is 0.870. The Kier molecular flexibility index (Phi) is 3.91. The summed E-state index contributed by atoms with van der Waals surface area (Å²) in [6, 6.07) is 14.5. The highest BCUT2D eigenvalue weighted by Crippen LogP contribution is 2.23. The number of fused-ring (bicyclic) bond motifs is 2. The Labute approximate surface area is 166 Å². The summed E-state index contributed by atoms with van der Waals surface area (Å²) in [4.78, 5) is 38.4. The summed E-state index contributed by atoms with van der Waals surface area (Å²) in [5.74, 6) is 0.540. The number of rotatable bonds is 3. The van der Waals surface area contributed by atoms with E-state index < -0.39 is 0 Å². The van der Waals surface area contributed by atoms with E-state index in [-0.39, 0.29) is 11.7 Å². The number of ketones is 1. The molecule has 0 saturated heterocycles. The fourth-order valence-electron chi connectivity index (χ4n) is 3.71. The molecule has 1 amide bonds. The molecule has 6 heteroatoms. The quantitative estimate of drug-likeness (QED) is 0.524. The number of carbonyl (C=O) groups excluding carboxylic acids is 2. The number of aromatic amines is 2. The topological polar surface area (TPSA) is 81.8 Å². The van der Waals surface area contributed by atoms with Crippen LogP contribution in [0.25, 0.3) is 17.0 Å². The fraction of sp³-hybridized carbons (Fsp3) is 0.0870. The molecule has 0 radical (unpaired) electrons. The van der Waals surface area contributed by atoms with Crippen molar-refractivity contribution in [3.8, 4) is 0 Å². The molecule has 0 unspecified atom stereocenters. The Balaban J connectivity index is 1.44. The van der Waals surface area contributed by atoms with Crippen molar-refractivity contribution in [2.45, 2.75) is 13.5 Å². The molecule has 3 heterocycles. The van der Waals surface area contributed by atoms with Crippen LogP contribution in [0.1, 0.15) is 43.5 Å². The van der Waals surface area contributed by atoms with E-state index in [1.807, 2.05) is 37.3 Å². The number of aromatic nitrogens is 3. The lowest BCUT2D eigenvalue weighted by molar-refractivity contribution is 0.0811. The second-order valence-corrected chi connectivity index (χ2v) is 7.09. The van der Waals surface area contributed by atoms with Crippen LogP contribution in [-0.2, 0) is 6.54 Å². The van der Waals surface area contributed by atoms with Gasteiger partial charge in [0.2, 0.25) is 0 Å². The molecule has 29 heavy (non-hydrogen) atoms. The van der Waals surface area contributed by atoms with E-state index >= 15 is 0 Å². The molecule has 1 aliphatic heterocycles. The molecule has 0 bridgehead atoms. The zero-order valence-corrected chi connectivity index (χ0v) is 15.8. The zero-order valence-electron chi connectivity index (χ0n) is 15.8. The summed E-state index contributed by atoms with van der Waals surface area (Å²) >= 11 is 0. The SMILES string of the molecule is Cc1nc2c([nH]1)C=CN(C(=O)c1cccc(C(=O)c3c[nH]c4ccccc34)c1)C2. The molecule has 0 saturated carbocycles. The Hall–Kier alpha value is -3.93. The van der Waals surface area contributed by atoms with Gasteiger partial charge in [-0.3, -0.25) is 9.59 Å². The van der Waals surface area contributed by atoms with Gasteiger partial charge in [-0.15, -0.1) is 0 Å². The molecule has 1 aliphatic rings. The summed E-state index contributed by atoms with van der Waals surface area (Å²) in [6.45, 7) is 2.29. The van der Waals surface area contributed by atoms with Crippen molar-refractivity contribution in [1.82, 2.24) is 19.9 Å². The predicted molar refractivity (Wildman–Crippen MR) is 110 cm³/mol. The molecule has 0 fully saturated rings. The highest BCUT2D eigenvalue weighted by Gasteiger charge is 2.22. The molecule has 0 aliphatic carbocycles. The number of carbonyl (C=O) groups is 2. The van der Waals surface area contributed by atoms with Crippen molar-refractivity contribution in [2.75, 3.05) is 0 Å². The monoisotopic (exact) mass is 382 g/mol. The van der Waals surface area contributed by atoms with Crippen molar-refractivity contribution < 1.29 is 9.59 Å². The first-order chi connectivity index (χ1) is 14.1. The van der Waals surface area contributed by atoms with Gasteiger partial charge in [0, 0.05) is 40.0 Å². The predicted octanol–water partition coefficient (Wildman–Crippen LogP) is 4.06. The number of nitrogens with zero attached hydrogens (tertiary/aromatic N) is 2. The van der Waals surface area contributed by atoms with Crippen LogP contribution in [0.5, 0.6) is 0 Å². The second kappa shape index (κ2) is 6.60. The third-order valence-electron chi connectivity index (χ3n) is 5.14. The van der Waals surface area contributed by atoms with Crippen LogP contribution in [0.2, 0.25) is 0 Å². The Morgan fingerprint density at radius 2 is 1.90 bits per heavy atom. The Morgan fingerprint density at radius 1 is 1.07 bits per heavy atom. The van der Waals surface area contributed by atoms with E-state index in [2.05, 4.69) is 15.0 Å². The lowest BCUT2D eigenvalue weighted by Crippen LogP contribution is -2.27. The van der Waals surface area contributed by atoms with Crippen molar-refractivity contribution in [2.24, 2.45) is 0 Å². The Bertz CT molecular complexity index is 1300. The van der Waals surface area contributed by atoms with E-state index in [0.29, 0.717) is 23.2 Å². The highest BCUT2D eigenvalue weighted by molar-refractivity contribution is 6.16. The van der Waals surface area contributed by atoms with Gasteiger partial charge in [-0.2, -0.15) is 0 Å². The van der Waals surface area contributed by atoms with Gasteiger partial charge in [0.25, 0.3) is 5.91 Å². The van der Waals surface area contributed by atoms with Crippen LogP contribution < -0.4 is 0 Å². The van der Waals surface area contributed by atoms with Crippen LogP contribution >= 0.6 is 0 Å². The number of hydrogen-bond donors (Lipinski definition) is 2. The third-order valence-corrected chi connectivity index (χ3v) is 5.14. The first-order valence-corrected chi connectivity index (χ1v) is 9.36. The number of benzene rings is 2. The van der Waals surface area contributed by atoms with Crippen LogP contribution in [0.4, 0.5) is 0 Å². The average molecular weight is 382 g/mol. The van der Waals surface area contributed by atoms with Crippen LogP contribution in [0.3, 0.4) is 0 Å². The summed E-state index contributed by atoms with van der Waals surface area (Å²) in [7, 11) is 0.